The number of nitrogens with zero attached hydrogens (tertiary/aromatic N) is 1. The number of rotatable bonds is 9. The third-order valence-corrected chi connectivity index (χ3v) is 7.37. The summed E-state index contributed by atoms with van der Waals surface area (Å²) < 4.78 is 22.4. The van der Waals surface area contributed by atoms with Gasteiger partial charge in [-0.25, -0.2) is 4.79 Å². The van der Waals surface area contributed by atoms with Gasteiger partial charge in [-0.2, -0.15) is 0 Å². The Bertz CT molecular complexity index is 1410. The van der Waals surface area contributed by atoms with Crippen molar-refractivity contribution < 1.29 is 33.3 Å². The van der Waals surface area contributed by atoms with E-state index in [1.807, 2.05) is 22.6 Å². The monoisotopic (exact) mass is 665 g/mol. The molecule has 1 aliphatic heterocycles. The maximum atomic E-state index is 12.9. The van der Waals surface area contributed by atoms with Gasteiger partial charge in [0.05, 0.1) is 39.8 Å². The van der Waals surface area contributed by atoms with Crippen molar-refractivity contribution in [3.05, 3.63) is 85.3 Å². The van der Waals surface area contributed by atoms with Crippen molar-refractivity contribution in [3.8, 4) is 23.0 Å². The molecule has 3 aromatic carbocycles. The quantitative estimate of drug-likeness (QED) is 0.114. The first-order valence-electron chi connectivity index (χ1n) is 11.2. The number of amides is 2. The molecule has 0 saturated carbocycles. The lowest BCUT2D eigenvalue weighted by Gasteiger charge is -2.14. The van der Waals surface area contributed by atoms with Crippen LogP contribution in [0, 0.1) is 3.57 Å². The second kappa shape index (κ2) is 12.5. The summed E-state index contributed by atoms with van der Waals surface area (Å²) in [6.45, 7) is 0.184. The Labute approximate surface area is 242 Å². The minimum atomic E-state index is -0.559. The number of halogens is 2. The van der Waals surface area contributed by atoms with Gasteiger partial charge in [-0.15, -0.1) is 0 Å². The number of benzene rings is 3. The van der Waals surface area contributed by atoms with Crippen LogP contribution < -0.4 is 18.9 Å². The molecule has 8 nitrogen and oxygen atoms in total. The van der Waals surface area contributed by atoms with Gasteiger partial charge in [-0.1, -0.05) is 23.7 Å². The van der Waals surface area contributed by atoms with Crippen molar-refractivity contribution >= 4 is 69.1 Å². The first-order chi connectivity index (χ1) is 18.3. The predicted molar refractivity (Wildman–Crippen MR) is 153 cm³/mol. The van der Waals surface area contributed by atoms with Crippen LogP contribution in [-0.2, 0) is 4.79 Å². The number of para-hydroxylation sites is 1. The Morgan fingerprint density at radius 1 is 1.03 bits per heavy atom. The minimum Gasteiger partial charge on any atom is -0.497 e. The normalized spacial score (nSPS) is 14.1. The molecule has 3 aromatic rings. The fourth-order valence-electron chi connectivity index (χ4n) is 3.45. The smallest absolute Gasteiger partial charge is 0.343 e. The van der Waals surface area contributed by atoms with Crippen LogP contribution in [0.3, 0.4) is 0 Å². The average molecular weight is 666 g/mol. The molecule has 0 atom stereocenters. The van der Waals surface area contributed by atoms with E-state index in [1.165, 1.54) is 7.11 Å². The first-order valence-corrected chi connectivity index (χ1v) is 13.4. The number of ether oxygens (including phenoxy) is 4. The number of hydrogen-bond donors (Lipinski definition) is 0. The summed E-state index contributed by atoms with van der Waals surface area (Å²) in [6, 6.07) is 16.9. The summed E-state index contributed by atoms with van der Waals surface area (Å²) in [5.41, 5.74) is 0.952. The van der Waals surface area contributed by atoms with Crippen molar-refractivity contribution in [1.29, 1.82) is 0 Å². The molecule has 1 aliphatic rings. The van der Waals surface area contributed by atoms with E-state index in [9.17, 15) is 14.4 Å². The van der Waals surface area contributed by atoms with Crippen molar-refractivity contribution in [2.45, 2.75) is 0 Å². The Balaban J connectivity index is 1.46. The zero-order valence-electron chi connectivity index (χ0n) is 20.2. The molecule has 11 heteroatoms. The lowest BCUT2D eigenvalue weighted by molar-refractivity contribution is -0.123. The summed E-state index contributed by atoms with van der Waals surface area (Å²) in [7, 11) is 2.99. The van der Waals surface area contributed by atoms with Crippen LogP contribution in [0.2, 0.25) is 5.02 Å². The molecule has 0 N–H and O–H groups in total. The summed E-state index contributed by atoms with van der Waals surface area (Å²) in [6.07, 6.45) is 1.60. The SMILES string of the molecule is COc1ccc(C(=O)Oc2c(I)cc(/C=C3\SC(=O)N(CCOc4ccccc4Cl)C3=O)cc2OC)cc1. The van der Waals surface area contributed by atoms with Crippen LogP contribution in [-0.4, -0.2) is 49.4 Å². The van der Waals surface area contributed by atoms with E-state index in [4.69, 9.17) is 30.5 Å². The molecule has 38 heavy (non-hydrogen) atoms. The van der Waals surface area contributed by atoms with E-state index in [2.05, 4.69) is 0 Å². The van der Waals surface area contributed by atoms with Gasteiger partial charge >= 0.3 is 5.97 Å². The Morgan fingerprint density at radius 3 is 2.45 bits per heavy atom. The highest BCUT2D eigenvalue weighted by molar-refractivity contribution is 14.1. The summed E-state index contributed by atoms with van der Waals surface area (Å²) >= 11 is 8.94. The minimum absolute atomic E-state index is 0.0777. The molecule has 196 valence electrons. The van der Waals surface area contributed by atoms with Crippen LogP contribution in [0.25, 0.3) is 6.08 Å². The Kier molecular flexibility index (Phi) is 9.18. The topological polar surface area (TPSA) is 91.4 Å². The molecule has 2 amide bonds. The first kappa shape index (κ1) is 27.8. The van der Waals surface area contributed by atoms with Gasteiger partial charge in [0.15, 0.2) is 11.5 Å². The standard InChI is InChI=1S/C27H21ClINO7S/c1-34-18-9-7-17(8-10-18)26(32)37-24-20(29)13-16(14-22(24)35-2)15-23-25(31)30(27(33)38-23)11-12-36-21-6-4-3-5-19(21)28/h3-10,13-15H,11-12H2,1-2H3/b23-15-. The third-order valence-electron chi connectivity index (χ3n) is 5.35. The largest absolute Gasteiger partial charge is 0.497 e. The van der Waals surface area contributed by atoms with Crippen LogP contribution in [0.4, 0.5) is 4.79 Å². The second-order valence-electron chi connectivity index (χ2n) is 7.76. The van der Waals surface area contributed by atoms with Crippen molar-refractivity contribution in [2.75, 3.05) is 27.4 Å². The van der Waals surface area contributed by atoms with Gasteiger partial charge < -0.3 is 18.9 Å². The lowest BCUT2D eigenvalue weighted by Crippen LogP contribution is -2.32. The summed E-state index contributed by atoms with van der Waals surface area (Å²) in [4.78, 5) is 39.4. The van der Waals surface area contributed by atoms with E-state index in [0.717, 1.165) is 16.7 Å². The van der Waals surface area contributed by atoms with Crippen LogP contribution >= 0.6 is 46.0 Å². The highest BCUT2D eigenvalue weighted by Crippen LogP contribution is 2.37. The molecule has 0 aliphatic carbocycles. The number of methoxy groups -OCH3 is 2. The van der Waals surface area contributed by atoms with Crippen molar-refractivity contribution in [1.82, 2.24) is 4.90 Å². The molecular formula is C27H21ClINO7S. The van der Waals surface area contributed by atoms with Crippen LogP contribution in [0.1, 0.15) is 15.9 Å². The molecule has 0 aromatic heterocycles. The zero-order chi connectivity index (χ0) is 27.2. The van der Waals surface area contributed by atoms with Gasteiger partial charge in [-0.3, -0.25) is 14.5 Å². The summed E-state index contributed by atoms with van der Waals surface area (Å²) in [5.74, 6) is 0.665. The Morgan fingerprint density at radius 2 is 1.76 bits per heavy atom. The highest BCUT2D eigenvalue weighted by atomic mass is 127. The van der Waals surface area contributed by atoms with E-state index in [-0.39, 0.29) is 23.8 Å². The van der Waals surface area contributed by atoms with Crippen molar-refractivity contribution in [2.24, 2.45) is 0 Å². The third kappa shape index (κ3) is 6.43. The molecule has 1 heterocycles. The number of thioether (sulfide) groups is 1. The molecule has 0 unspecified atom stereocenters. The molecule has 1 fully saturated rings. The maximum absolute atomic E-state index is 12.9. The van der Waals surface area contributed by atoms with Gasteiger partial charge in [0.2, 0.25) is 0 Å². The van der Waals surface area contributed by atoms with Crippen molar-refractivity contribution in [3.63, 3.8) is 0 Å². The number of carbonyl (C=O) groups is 3. The van der Waals surface area contributed by atoms with Gasteiger partial charge in [0.1, 0.15) is 18.1 Å². The van der Waals surface area contributed by atoms with E-state index in [1.54, 1.807) is 73.8 Å². The second-order valence-corrected chi connectivity index (χ2v) is 10.3. The lowest BCUT2D eigenvalue weighted by atomic mass is 10.1. The zero-order valence-corrected chi connectivity index (χ0v) is 24.0. The van der Waals surface area contributed by atoms with E-state index >= 15 is 0 Å². The van der Waals surface area contributed by atoms with Gasteiger partial charge in [0, 0.05) is 0 Å². The molecule has 0 radical (unpaired) electrons. The fourth-order valence-corrected chi connectivity index (χ4v) is 5.24. The number of imide groups is 1. The molecular weight excluding hydrogens is 645 g/mol. The van der Waals surface area contributed by atoms with E-state index in [0.29, 0.717) is 37.0 Å². The number of carbonyl (C=O) groups excluding carboxylic acids is 3. The molecule has 0 spiro atoms. The van der Waals surface area contributed by atoms with E-state index < -0.39 is 17.1 Å². The maximum Gasteiger partial charge on any atom is 0.343 e. The molecule has 1 saturated heterocycles. The molecule has 4 rings (SSSR count). The highest BCUT2D eigenvalue weighted by Gasteiger charge is 2.35. The van der Waals surface area contributed by atoms with Gasteiger partial charge in [-0.05, 0) is 94.5 Å². The molecule has 0 bridgehead atoms. The average Bonchev–Trinajstić information content (AvgIpc) is 3.18. The fraction of sp³-hybridized carbons (Fsp3) is 0.148. The van der Waals surface area contributed by atoms with Crippen LogP contribution in [0.15, 0.2) is 65.6 Å². The predicted octanol–water partition coefficient (Wildman–Crippen LogP) is 6.30. The Hall–Kier alpha value is -3.22. The van der Waals surface area contributed by atoms with Crippen LogP contribution in [0.5, 0.6) is 23.0 Å². The summed E-state index contributed by atoms with van der Waals surface area (Å²) in [5, 5.41) is 0.0546. The number of hydrogen-bond acceptors (Lipinski definition) is 8. The number of esters is 1. The van der Waals surface area contributed by atoms with Gasteiger partial charge in [0.25, 0.3) is 11.1 Å².